The molecule has 1 saturated heterocycles. The van der Waals surface area contributed by atoms with Crippen molar-refractivity contribution in [1.29, 1.82) is 0 Å². The van der Waals surface area contributed by atoms with Gasteiger partial charge >= 0.3 is 0 Å². The predicted molar refractivity (Wildman–Crippen MR) is 82.6 cm³/mol. The third-order valence-electron chi connectivity index (χ3n) is 3.68. The van der Waals surface area contributed by atoms with Crippen LogP contribution < -0.4 is 15.8 Å². The van der Waals surface area contributed by atoms with Gasteiger partial charge in [0.2, 0.25) is 10.0 Å². The van der Waals surface area contributed by atoms with E-state index in [-0.39, 0.29) is 11.5 Å². The van der Waals surface area contributed by atoms with E-state index in [0.29, 0.717) is 17.9 Å². The second-order valence-corrected chi connectivity index (χ2v) is 6.73. The minimum atomic E-state index is -3.73. The molecule has 1 aliphatic heterocycles. The maximum atomic E-state index is 11.5. The van der Waals surface area contributed by atoms with Crippen molar-refractivity contribution in [3.05, 3.63) is 18.2 Å². The van der Waals surface area contributed by atoms with E-state index in [2.05, 4.69) is 9.80 Å². The third kappa shape index (κ3) is 4.07. The van der Waals surface area contributed by atoms with Crippen LogP contribution in [0, 0.1) is 0 Å². The SMILES string of the molecule is Nc1ccc(S(N)(=O)=O)cc1N1CCCN(CCO)CC1. The molecule has 21 heavy (non-hydrogen) atoms. The number of hydrogen-bond acceptors (Lipinski definition) is 6. The van der Waals surface area contributed by atoms with Crippen molar-refractivity contribution in [2.75, 3.05) is 50.0 Å². The number of hydrogen-bond donors (Lipinski definition) is 3. The molecular formula is C13H22N4O3S. The summed E-state index contributed by atoms with van der Waals surface area (Å²) in [5.74, 6) is 0. The van der Waals surface area contributed by atoms with E-state index in [0.717, 1.165) is 32.6 Å². The van der Waals surface area contributed by atoms with Crippen LogP contribution in [0.15, 0.2) is 23.1 Å². The number of nitrogen functional groups attached to an aromatic ring is 1. The summed E-state index contributed by atoms with van der Waals surface area (Å²) in [4.78, 5) is 4.32. The lowest BCUT2D eigenvalue weighted by atomic mass is 10.2. The van der Waals surface area contributed by atoms with Gasteiger partial charge in [-0.05, 0) is 31.2 Å². The molecule has 0 spiro atoms. The van der Waals surface area contributed by atoms with E-state index >= 15 is 0 Å². The van der Waals surface area contributed by atoms with Crippen molar-refractivity contribution in [1.82, 2.24) is 4.90 Å². The molecule has 1 aliphatic rings. The monoisotopic (exact) mass is 314 g/mol. The molecular weight excluding hydrogens is 292 g/mol. The quantitative estimate of drug-likeness (QED) is 0.641. The van der Waals surface area contributed by atoms with E-state index in [1.807, 2.05) is 0 Å². The highest BCUT2D eigenvalue weighted by Gasteiger charge is 2.18. The second-order valence-electron chi connectivity index (χ2n) is 5.17. The van der Waals surface area contributed by atoms with Gasteiger partial charge in [0.25, 0.3) is 0 Å². The lowest BCUT2D eigenvalue weighted by Gasteiger charge is -2.25. The molecule has 0 unspecified atom stereocenters. The first-order valence-corrected chi connectivity index (χ1v) is 8.47. The molecule has 7 nitrogen and oxygen atoms in total. The normalized spacial score (nSPS) is 17.7. The largest absolute Gasteiger partial charge is 0.397 e. The van der Waals surface area contributed by atoms with Gasteiger partial charge in [0, 0.05) is 26.2 Å². The fraction of sp³-hybridized carbons (Fsp3) is 0.538. The zero-order valence-electron chi connectivity index (χ0n) is 11.9. The van der Waals surface area contributed by atoms with E-state index in [9.17, 15) is 8.42 Å². The van der Waals surface area contributed by atoms with Gasteiger partial charge in [0.05, 0.1) is 22.9 Å². The molecule has 0 aromatic heterocycles. The molecule has 0 aliphatic carbocycles. The van der Waals surface area contributed by atoms with Crippen LogP contribution in [-0.4, -0.2) is 57.8 Å². The summed E-state index contributed by atoms with van der Waals surface area (Å²) in [5.41, 5.74) is 7.22. The Balaban J connectivity index is 2.21. The van der Waals surface area contributed by atoms with Gasteiger partial charge in [0.15, 0.2) is 0 Å². The van der Waals surface area contributed by atoms with Crippen LogP contribution in [0.3, 0.4) is 0 Å². The smallest absolute Gasteiger partial charge is 0.238 e. The van der Waals surface area contributed by atoms with Crippen LogP contribution >= 0.6 is 0 Å². The second kappa shape index (κ2) is 6.61. The Morgan fingerprint density at radius 3 is 2.62 bits per heavy atom. The number of primary sulfonamides is 1. The van der Waals surface area contributed by atoms with Crippen molar-refractivity contribution >= 4 is 21.4 Å². The Hall–Kier alpha value is -1.35. The number of benzene rings is 1. The highest BCUT2D eigenvalue weighted by molar-refractivity contribution is 7.89. The number of sulfonamides is 1. The molecule has 0 saturated carbocycles. The molecule has 1 aromatic carbocycles. The maximum Gasteiger partial charge on any atom is 0.238 e. The van der Waals surface area contributed by atoms with E-state index in [1.165, 1.54) is 12.1 Å². The Bertz CT molecular complexity index is 591. The van der Waals surface area contributed by atoms with Crippen molar-refractivity contribution < 1.29 is 13.5 Å². The number of aliphatic hydroxyl groups is 1. The first-order chi connectivity index (χ1) is 9.91. The molecule has 1 aromatic rings. The van der Waals surface area contributed by atoms with Crippen LogP contribution in [0.1, 0.15) is 6.42 Å². The van der Waals surface area contributed by atoms with Gasteiger partial charge in [-0.15, -0.1) is 0 Å². The van der Waals surface area contributed by atoms with Gasteiger partial charge in [-0.25, -0.2) is 13.6 Å². The summed E-state index contributed by atoms with van der Waals surface area (Å²) < 4.78 is 22.9. The molecule has 5 N–H and O–H groups in total. The van der Waals surface area contributed by atoms with E-state index in [4.69, 9.17) is 16.0 Å². The molecule has 118 valence electrons. The predicted octanol–water partition coefficient (Wildman–Crippen LogP) is -0.579. The number of rotatable bonds is 4. The topological polar surface area (TPSA) is 113 Å². The average molecular weight is 314 g/mol. The Kier molecular flexibility index (Phi) is 5.04. The van der Waals surface area contributed by atoms with Crippen molar-refractivity contribution in [2.45, 2.75) is 11.3 Å². The zero-order valence-corrected chi connectivity index (χ0v) is 12.7. The van der Waals surface area contributed by atoms with Gasteiger partial charge < -0.3 is 15.7 Å². The van der Waals surface area contributed by atoms with Crippen LogP contribution in [-0.2, 0) is 10.0 Å². The summed E-state index contributed by atoms with van der Waals surface area (Å²) in [7, 11) is -3.73. The number of aliphatic hydroxyl groups excluding tert-OH is 1. The minimum Gasteiger partial charge on any atom is -0.397 e. The minimum absolute atomic E-state index is 0.0724. The van der Waals surface area contributed by atoms with Gasteiger partial charge in [0.1, 0.15) is 0 Å². The van der Waals surface area contributed by atoms with E-state index < -0.39 is 10.0 Å². The molecule has 1 fully saturated rings. The molecule has 8 heteroatoms. The molecule has 0 radical (unpaired) electrons. The van der Waals surface area contributed by atoms with Crippen molar-refractivity contribution in [3.63, 3.8) is 0 Å². The molecule has 1 heterocycles. The van der Waals surface area contributed by atoms with Crippen molar-refractivity contribution in [3.8, 4) is 0 Å². The summed E-state index contributed by atoms with van der Waals surface area (Å²) >= 11 is 0. The number of nitrogens with two attached hydrogens (primary N) is 2. The van der Waals surface area contributed by atoms with Crippen LogP contribution in [0.4, 0.5) is 11.4 Å². The summed E-state index contributed by atoms with van der Waals surface area (Å²) in [6, 6.07) is 4.53. The fourth-order valence-corrected chi connectivity index (χ4v) is 3.08. The van der Waals surface area contributed by atoms with Crippen molar-refractivity contribution in [2.24, 2.45) is 5.14 Å². The Morgan fingerprint density at radius 1 is 1.19 bits per heavy atom. The van der Waals surface area contributed by atoms with Crippen LogP contribution in [0.5, 0.6) is 0 Å². The molecule has 2 rings (SSSR count). The fourth-order valence-electron chi connectivity index (χ4n) is 2.55. The number of nitrogens with zero attached hydrogens (tertiary/aromatic N) is 2. The van der Waals surface area contributed by atoms with Crippen LogP contribution in [0.2, 0.25) is 0 Å². The summed E-state index contributed by atoms with van der Waals surface area (Å²) in [6.07, 6.45) is 0.930. The van der Waals surface area contributed by atoms with Gasteiger partial charge in [-0.2, -0.15) is 0 Å². The van der Waals surface area contributed by atoms with Gasteiger partial charge in [-0.1, -0.05) is 0 Å². The molecule has 0 bridgehead atoms. The third-order valence-corrected chi connectivity index (χ3v) is 4.59. The Labute approximate surface area is 125 Å². The Morgan fingerprint density at radius 2 is 1.95 bits per heavy atom. The average Bonchev–Trinajstić information content (AvgIpc) is 2.64. The van der Waals surface area contributed by atoms with E-state index in [1.54, 1.807) is 6.07 Å². The first-order valence-electron chi connectivity index (χ1n) is 6.92. The number of β-amino-alcohol motifs (C(OH)–C–C–N with tert-alkyl or cyclic N) is 1. The maximum absolute atomic E-state index is 11.5. The lowest BCUT2D eigenvalue weighted by Crippen LogP contribution is -2.32. The van der Waals surface area contributed by atoms with Gasteiger partial charge in [-0.3, -0.25) is 4.90 Å². The number of anilines is 2. The first kappa shape index (κ1) is 16.0. The highest BCUT2D eigenvalue weighted by atomic mass is 32.2. The highest BCUT2D eigenvalue weighted by Crippen LogP contribution is 2.27. The standard InChI is InChI=1S/C13H22N4O3S/c14-12-3-2-11(21(15,19)20)10-13(12)17-5-1-4-16(6-7-17)8-9-18/h2-3,10,18H,1,4-9,14H2,(H2,15,19,20). The summed E-state index contributed by atoms with van der Waals surface area (Å²) in [5, 5.41) is 14.2. The lowest BCUT2D eigenvalue weighted by molar-refractivity contribution is 0.204. The zero-order chi connectivity index (χ0) is 15.5. The van der Waals surface area contributed by atoms with Crippen LogP contribution in [0.25, 0.3) is 0 Å². The molecule has 0 atom stereocenters. The summed E-state index contributed by atoms with van der Waals surface area (Å²) in [6.45, 7) is 4.04. The molecule has 0 amide bonds.